The van der Waals surface area contributed by atoms with Gasteiger partial charge in [0.05, 0.1) is 5.69 Å². The molecule has 5 nitrogen and oxygen atoms in total. The molecule has 0 saturated heterocycles. The lowest BCUT2D eigenvalue weighted by Gasteiger charge is -2.12. The average molecular weight is 378 g/mol. The van der Waals surface area contributed by atoms with Gasteiger partial charge in [-0.1, -0.05) is 36.4 Å². The third-order valence-corrected chi connectivity index (χ3v) is 4.31. The Hall–Kier alpha value is -3.67. The summed E-state index contributed by atoms with van der Waals surface area (Å²) >= 11 is 0. The summed E-state index contributed by atoms with van der Waals surface area (Å²) in [6, 6.07) is 16.4. The number of benzene rings is 3. The van der Waals surface area contributed by atoms with Gasteiger partial charge >= 0.3 is 0 Å². The van der Waals surface area contributed by atoms with Crippen LogP contribution in [0.15, 0.2) is 60.7 Å². The highest BCUT2D eigenvalue weighted by molar-refractivity contribution is 5.95. The fourth-order valence-corrected chi connectivity index (χ4v) is 2.93. The Kier molecular flexibility index (Phi) is 5.40. The average Bonchev–Trinajstić information content (AvgIpc) is 2.69. The molecule has 28 heavy (non-hydrogen) atoms. The summed E-state index contributed by atoms with van der Waals surface area (Å²) in [7, 11) is 1.56. The van der Waals surface area contributed by atoms with Gasteiger partial charge in [-0.15, -0.1) is 0 Å². The molecule has 0 aliphatic rings. The molecule has 0 heterocycles. The highest BCUT2D eigenvalue weighted by Gasteiger charge is 2.13. The maximum absolute atomic E-state index is 14.3. The van der Waals surface area contributed by atoms with Crippen LogP contribution in [0.25, 0.3) is 22.3 Å². The van der Waals surface area contributed by atoms with E-state index in [-0.39, 0.29) is 23.3 Å². The third-order valence-electron chi connectivity index (χ3n) is 4.31. The summed E-state index contributed by atoms with van der Waals surface area (Å²) in [4.78, 5) is 22.8. The number of phenols is 1. The number of anilines is 1. The van der Waals surface area contributed by atoms with Gasteiger partial charge in [-0.2, -0.15) is 0 Å². The molecule has 0 aliphatic heterocycles. The molecule has 0 atom stereocenters. The van der Waals surface area contributed by atoms with Gasteiger partial charge in [0.2, 0.25) is 5.91 Å². The van der Waals surface area contributed by atoms with Crippen LogP contribution in [0.1, 0.15) is 17.3 Å². The normalized spacial score (nSPS) is 10.4. The summed E-state index contributed by atoms with van der Waals surface area (Å²) < 4.78 is 14.3. The number of amides is 2. The van der Waals surface area contributed by atoms with Gasteiger partial charge in [0.15, 0.2) is 0 Å². The van der Waals surface area contributed by atoms with E-state index in [0.29, 0.717) is 22.3 Å². The predicted octanol–water partition coefficient (Wildman–Crippen LogP) is 4.18. The lowest BCUT2D eigenvalue weighted by molar-refractivity contribution is -0.114. The number of para-hydroxylation sites is 1. The van der Waals surface area contributed by atoms with Crippen molar-refractivity contribution < 1.29 is 19.1 Å². The Bertz CT molecular complexity index is 1050. The highest BCUT2D eigenvalue weighted by atomic mass is 19.1. The second-order valence-electron chi connectivity index (χ2n) is 6.23. The van der Waals surface area contributed by atoms with Crippen LogP contribution in [-0.2, 0) is 4.79 Å². The second-order valence-corrected chi connectivity index (χ2v) is 6.23. The molecule has 0 aliphatic carbocycles. The van der Waals surface area contributed by atoms with Gasteiger partial charge in [0.1, 0.15) is 11.6 Å². The van der Waals surface area contributed by atoms with Crippen LogP contribution in [0.2, 0.25) is 0 Å². The zero-order chi connectivity index (χ0) is 20.3. The molecule has 0 saturated carbocycles. The van der Waals surface area contributed by atoms with E-state index in [1.807, 2.05) is 0 Å². The molecule has 3 rings (SSSR count). The van der Waals surface area contributed by atoms with Crippen LogP contribution in [-0.4, -0.2) is 24.0 Å². The molecule has 0 spiro atoms. The SMILES string of the molecule is CNC(=O)c1ccc(-c2cccc(-c3ccc(NC(C)=O)c(F)c3)c2O)cc1. The van der Waals surface area contributed by atoms with Crippen molar-refractivity contribution in [1.82, 2.24) is 5.32 Å². The Morgan fingerprint density at radius 2 is 1.54 bits per heavy atom. The van der Waals surface area contributed by atoms with Gasteiger partial charge in [-0.05, 0) is 35.4 Å². The Balaban J connectivity index is 1.98. The standard InChI is InChI=1S/C22H19FN2O3/c1-13(26)25-20-11-10-16(12-19(20)23)18-5-3-4-17(21(18)27)14-6-8-15(9-7-14)22(28)24-2/h3-12,27H,1-2H3,(H,24,28)(H,25,26). The lowest BCUT2D eigenvalue weighted by atomic mass is 9.96. The monoisotopic (exact) mass is 378 g/mol. The zero-order valence-corrected chi connectivity index (χ0v) is 15.4. The van der Waals surface area contributed by atoms with E-state index in [0.717, 1.165) is 5.56 Å². The van der Waals surface area contributed by atoms with Crippen molar-refractivity contribution in [2.75, 3.05) is 12.4 Å². The van der Waals surface area contributed by atoms with Crippen LogP contribution in [0.4, 0.5) is 10.1 Å². The molecule has 0 aromatic heterocycles. The van der Waals surface area contributed by atoms with Crippen molar-refractivity contribution in [3.63, 3.8) is 0 Å². The van der Waals surface area contributed by atoms with Crippen LogP contribution in [0.5, 0.6) is 5.75 Å². The smallest absolute Gasteiger partial charge is 0.251 e. The first-order valence-corrected chi connectivity index (χ1v) is 8.62. The number of hydrogen-bond acceptors (Lipinski definition) is 3. The minimum absolute atomic E-state index is 0.00173. The molecule has 0 radical (unpaired) electrons. The highest BCUT2D eigenvalue weighted by Crippen LogP contribution is 2.38. The van der Waals surface area contributed by atoms with E-state index >= 15 is 0 Å². The van der Waals surface area contributed by atoms with Crippen molar-refractivity contribution in [2.24, 2.45) is 0 Å². The van der Waals surface area contributed by atoms with Crippen molar-refractivity contribution in [2.45, 2.75) is 6.92 Å². The number of rotatable bonds is 4. The lowest BCUT2D eigenvalue weighted by Crippen LogP contribution is -2.17. The summed E-state index contributed by atoms with van der Waals surface area (Å²) in [6.07, 6.45) is 0. The van der Waals surface area contributed by atoms with Crippen LogP contribution in [0.3, 0.4) is 0 Å². The number of carbonyl (C=O) groups is 2. The molecule has 3 aromatic rings. The first kappa shape index (κ1) is 19.1. The van der Waals surface area contributed by atoms with Gasteiger partial charge in [0, 0.05) is 30.7 Å². The number of aromatic hydroxyl groups is 1. The Labute approximate surface area is 161 Å². The van der Waals surface area contributed by atoms with E-state index < -0.39 is 5.82 Å². The molecule has 3 N–H and O–H groups in total. The Morgan fingerprint density at radius 1 is 0.929 bits per heavy atom. The van der Waals surface area contributed by atoms with Crippen molar-refractivity contribution >= 4 is 17.5 Å². The Morgan fingerprint density at radius 3 is 2.11 bits per heavy atom. The first-order chi connectivity index (χ1) is 13.4. The second kappa shape index (κ2) is 7.92. The van der Waals surface area contributed by atoms with Crippen molar-refractivity contribution in [3.05, 3.63) is 72.0 Å². The van der Waals surface area contributed by atoms with E-state index in [2.05, 4.69) is 10.6 Å². The van der Waals surface area contributed by atoms with Crippen LogP contribution in [0, 0.1) is 5.82 Å². The minimum Gasteiger partial charge on any atom is -0.507 e. The van der Waals surface area contributed by atoms with Crippen LogP contribution >= 0.6 is 0 Å². The van der Waals surface area contributed by atoms with Crippen molar-refractivity contribution in [1.29, 1.82) is 0 Å². The van der Waals surface area contributed by atoms with Gasteiger partial charge < -0.3 is 15.7 Å². The fourth-order valence-electron chi connectivity index (χ4n) is 2.93. The molecule has 2 amide bonds. The van der Waals surface area contributed by atoms with E-state index in [1.54, 1.807) is 55.6 Å². The van der Waals surface area contributed by atoms with Gasteiger partial charge in [-0.3, -0.25) is 9.59 Å². The van der Waals surface area contributed by atoms with E-state index in [4.69, 9.17) is 0 Å². The molecule has 0 bridgehead atoms. The number of nitrogens with one attached hydrogen (secondary N) is 2. The number of halogens is 1. The quantitative estimate of drug-likeness (QED) is 0.637. The molecule has 3 aromatic carbocycles. The topological polar surface area (TPSA) is 78.4 Å². The molecule has 0 fully saturated rings. The molecular weight excluding hydrogens is 359 g/mol. The minimum atomic E-state index is -0.590. The maximum Gasteiger partial charge on any atom is 0.251 e. The van der Waals surface area contributed by atoms with E-state index in [1.165, 1.54) is 19.1 Å². The maximum atomic E-state index is 14.3. The molecule has 6 heteroatoms. The molecular formula is C22H19FN2O3. The third kappa shape index (κ3) is 3.86. The predicted molar refractivity (Wildman–Crippen MR) is 107 cm³/mol. The summed E-state index contributed by atoms with van der Waals surface area (Å²) in [5.41, 5.74) is 2.82. The van der Waals surface area contributed by atoms with E-state index in [9.17, 15) is 19.1 Å². The summed E-state index contributed by atoms with van der Waals surface area (Å²) in [5.74, 6) is -1.15. The fraction of sp³-hybridized carbons (Fsp3) is 0.0909. The largest absolute Gasteiger partial charge is 0.507 e. The summed E-state index contributed by atoms with van der Waals surface area (Å²) in [6.45, 7) is 1.30. The van der Waals surface area contributed by atoms with Gasteiger partial charge in [-0.25, -0.2) is 4.39 Å². The number of hydrogen-bond donors (Lipinski definition) is 3. The molecule has 0 unspecified atom stereocenters. The van der Waals surface area contributed by atoms with Crippen molar-refractivity contribution in [3.8, 4) is 28.0 Å². The summed E-state index contributed by atoms with van der Waals surface area (Å²) in [5, 5.41) is 15.7. The van der Waals surface area contributed by atoms with Gasteiger partial charge in [0.25, 0.3) is 5.91 Å². The molecule has 142 valence electrons. The zero-order valence-electron chi connectivity index (χ0n) is 15.4. The number of carbonyl (C=O) groups excluding carboxylic acids is 2. The van der Waals surface area contributed by atoms with Crippen LogP contribution < -0.4 is 10.6 Å². The number of phenolic OH excluding ortho intramolecular Hbond substituents is 1. The first-order valence-electron chi connectivity index (χ1n) is 8.62.